The fourth-order valence-corrected chi connectivity index (χ4v) is 3.41. The van der Waals surface area contributed by atoms with Crippen molar-refractivity contribution in [2.45, 2.75) is 38.6 Å². The number of hydrogen-bond donors (Lipinski definition) is 1. The van der Waals surface area contributed by atoms with Gasteiger partial charge in [0.05, 0.1) is 0 Å². The molecule has 124 valence electrons. The molecule has 5 nitrogen and oxygen atoms in total. The highest BCUT2D eigenvalue weighted by molar-refractivity contribution is 5.97. The van der Waals surface area contributed by atoms with Crippen LogP contribution in [-0.4, -0.2) is 21.2 Å². The van der Waals surface area contributed by atoms with E-state index in [1.54, 1.807) is 12.1 Å². The van der Waals surface area contributed by atoms with Crippen molar-refractivity contribution in [2.24, 2.45) is 5.92 Å². The van der Waals surface area contributed by atoms with Gasteiger partial charge in [0, 0.05) is 11.6 Å². The van der Waals surface area contributed by atoms with E-state index in [0.29, 0.717) is 23.4 Å². The predicted molar refractivity (Wildman–Crippen MR) is 90.0 cm³/mol. The Kier molecular flexibility index (Phi) is 3.88. The van der Waals surface area contributed by atoms with Gasteiger partial charge in [0.25, 0.3) is 5.71 Å². The lowest BCUT2D eigenvalue weighted by molar-refractivity contribution is 0.349. The average molecular weight is 326 g/mol. The third-order valence-corrected chi connectivity index (χ3v) is 4.82. The van der Waals surface area contributed by atoms with Crippen molar-refractivity contribution in [2.75, 3.05) is 5.32 Å². The number of anilines is 1. The lowest BCUT2D eigenvalue weighted by atomic mass is 9.86. The van der Waals surface area contributed by atoms with Crippen molar-refractivity contribution in [3.63, 3.8) is 0 Å². The molecule has 0 aliphatic heterocycles. The first-order chi connectivity index (χ1) is 11.7. The van der Waals surface area contributed by atoms with E-state index in [2.05, 4.69) is 27.4 Å². The number of halogens is 1. The maximum absolute atomic E-state index is 13.2. The van der Waals surface area contributed by atoms with Crippen LogP contribution in [0.15, 0.2) is 35.1 Å². The van der Waals surface area contributed by atoms with Crippen molar-refractivity contribution in [3.8, 4) is 11.3 Å². The van der Waals surface area contributed by atoms with Gasteiger partial charge in [-0.25, -0.2) is 9.37 Å². The Morgan fingerprint density at radius 3 is 2.71 bits per heavy atom. The summed E-state index contributed by atoms with van der Waals surface area (Å²) in [5, 5.41) is 8.44. The standard InChI is InChI=1S/C18H19FN4O/c1-11-4-2-3-5-14(11)22-17-15-16(12-6-8-13(19)9-7-12)23-24-18(15)21-10-20-17/h6-11,14H,2-5H2,1H3,(H,20,21,22)/t11-,14+/m0/s1. The molecule has 3 aromatic rings. The van der Waals surface area contributed by atoms with Gasteiger partial charge in [-0.2, -0.15) is 4.98 Å². The zero-order valence-corrected chi connectivity index (χ0v) is 13.5. The quantitative estimate of drug-likeness (QED) is 0.772. The molecule has 0 bridgehead atoms. The van der Waals surface area contributed by atoms with Gasteiger partial charge >= 0.3 is 0 Å². The molecule has 0 unspecified atom stereocenters. The number of hydrogen-bond acceptors (Lipinski definition) is 5. The summed E-state index contributed by atoms with van der Waals surface area (Å²) in [6.45, 7) is 2.27. The van der Waals surface area contributed by atoms with Gasteiger partial charge in [-0.15, -0.1) is 0 Å². The highest BCUT2D eigenvalue weighted by Crippen LogP contribution is 2.33. The molecule has 1 aliphatic carbocycles. The number of nitrogens with zero attached hydrogens (tertiary/aromatic N) is 3. The Morgan fingerprint density at radius 2 is 1.92 bits per heavy atom. The monoisotopic (exact) mass is 326 g/mol. The first kappa shape index (κ1) is 15.1. The van der Waals surface area contributed by atoms with E-state index in [9.17, 15) is 4.39 Å². The summed E-state index contributed by atoms with van der Waals surface area (Å²) >= 11 is 0. The van der Waals surface area contributed by atoms with Crippen LogP contribution in [0.25, 0.3) is 22.4 Å². The van der Waals surface area contributed by atoms with Crippen molar-refractivity contribution in [1.82, 2.24) is 15.1 Å². The summed E-state index contributed by atoms with van der Waals surface area (Å²) < 4.78 is 18.5. The molecule has 1 aromatic carbocycles. The van der Waals surface area contributed by atoms with Crippen LogP contribution in [0.4, 0.5) is 10.2 Å². The molecule has 1 saturated carbocycles. The minimum absolute atomic E-state index is 0.280. The topological polar surface area (TPSA) is 63.8 Å². The molecule has 1 N–H and O–H groups in total. The van der Waals surface area contributed by atoms with E-state index in [1.807, 2.05) is 0 Å². The highest BCUT2D eigenvalue weighted by atomic mass is 19.1. The zero-order valence-electron chi connectivity index (χ0n) is 13.5. The van der Waals surface area contributed by atoms with Gasteiger partial charge in [0.2, 0.25) is 0 Å². The van der Waals surface area contributed by atoms with Crippen molar-refractivity contribution >= 4 is 16.9 Å². The molecule has 0 spiro atoms. The minimum atomic E-state index is -0.280. The van der Waals surface area contributed by atoms with Crippen LogP contribution in [0.2, 0.25) is 0 Å². The van der Waals surface area contributed by atoms with Gasteiger partial charge in [-0.05, 0) is 43.0 Å². The van der Waals surface area contributed by atoms with E-state index in [1.165, 1.54) is 37.7 Å². The summed E-state index contributed by atoms with van der Waals surface area (Å²) in [5.74, 6) is 1.05. The summed E-state index contributed by atoms with van der Waals surface area (Å²) in [4.78, 5) is 8.58. The molecule has 24 heavy (non-hydrogen) atoms. The Bertz CT molecular complexity index is 846. The van der Waals surface area contributed by atoms with Crippen LogP contribution in [0, 0.1) is 11.7 Å². The predicted octanol–water partition coefficient (Wildman–Crippen LogP) is 4.41. The summed E-state index contributed by atoms with van der Waals surface area (Å²) in [6.07, 6.45) is 6.35. The van der Waals surface area contributed by atoms with E-state index < -0.39 is 0 Å². The second-order valence-corrected chi connectivity index (χ2v) is 6.45. The second-order valence-electron chi connectivity index (χ2n) is 6.45. The Balaban J connectivity index is 1.75. The van der Waals surface area contributed by atoms with Gasteiger partial charge in [-0.3, -0.25) is 0 Å². The maximum atomic E-state index is 13.2. The summed E-state index contributed by atoms with van der Waals surface area (Å²) in [6, 6.07) is 6.58. The molecule has 2 heterocycles. The SMILES string of the molecule is C[C@H]1CCCC[C@H]1Nc1ncnc2onc(-c3ccc(F)cc3)c12. The lowest BCUT2D eigenvalue weighted by Gasteiger charge is -2.30. The third kappa shape index (κ3) is 2.72. The van der Waals surface area contributed by atoms with E-state index in [0.717, 1.165) is 23.2 Å². The molecular weight excluding hydrogens is 307 g/mol. The zero-order chi connectivity index (χ0) is 16.5. The van der Waals surface area contributed by atoms with Crippen molar-refractivity contribution < 1.29 is 8.91 Å². The number of nitrogens with one attached hydrogen (secondary N) is 1. The highest BCUT2D eigenvalue weighted by Gasteiger charge is 2.24. The summed E-state index contributed by atoms with van der Waals surface area (Å²) in [5.41, 5.74) is 1.86. The molecule has 1 fully saturated rings. The smallest absolute Gasteiger partial charge is 0.263 e. The second kappa shape index (κ2) is 6.19. The van der Waals surface area contributed by atoms with E-state index in [4.69, 9.17) is 4.52 Å². The van der Waals surface area contributed by atoms with Crippen LogP contribution in [-0.2, 0) is 0 Å². The first-order valence-electron chi connectivity index (χ1n) is 8.35. The van der Waals surface area contributed by atoms with Gasteiger partial charge in [0.15, 0.2) is 0 Å². The Morgan fingerprint density at radius 1 is 1.12 bits per heavy atom. The van der Waals surface area contributed by atoms with Crippen LogP contribution >= 0.6 is 0 Å². The van der Waals surface area contributed by atoms with Gasteiger partial charge in [0.1, 0.15) is 29.0 Å². The van der Waals surface area contributed by atoms with Gasteiger partial charge < -0.3 is 9.84 Å². The van der Waals surface area contributed by atoms with Crippen LogP contribution in [0.3, 0.4) is 0 Å². The summed E-state index contributed by atoms with van der Waals surface area (Å²) in [7, 11) is 0. The first-order valence-corrected chi connectivity index (χ1v) is 8.35. The minimum Gasteiger partial charge on any atom is -0.366 e. The molecular formula is C18H19FN4O. The molecule has 1 aliphatic rings. The van der Waals surface area contributed by atoms with Crippen LogP contribution in [0.5, 0.6) is 0 Å². The molecule has 4 rings (SSSR count). The molecule has 0 amide bonds. The van der Waals surface area contributed by atoms with E-state index >= 15 is 0 Å². The maximum Gasteiger partial charge on any atom is 0.263 e. The molecule has 0 saturated heterocycles. The average Bonchev–Trinajstić information content (AvgIpc) is 3.03. The number of fused-ring (bicyclic) bond motifs is 1. The number of benzene rings is 1. The fraction of sp³-hybridized carbons (Fsp3) is 0.389. The number of rotatable bonds is 3. The normalized spacial score (nSPS) is 21.1. The fourth-order valence-electron chi connectivity index (χ4n) is 3.41. The Labute approximate surface area is 139 Å². The van der Waals surface area contributed by atoms with E-state index in [-0.39, 0.29) is 5.82 Å². The van der Waals surface area contributed by atoms with Crippen LogP contribution in [0.1, 0.15) is 32.6 Å². The number of aromatic nitrogens is 3. The largest absolute Gasteiger partial charge is 0.366 e. The lowest BCUT2D eigenvalue weighted by Crippen LogP contribution is -2.30. The molecule has 2 aromatic heterocycles. The van der Waals surface area contributed by atoms with Crippen molar-refractivity contribution in [1.29, 1.82) is 0 Å². The third-order valence-electron chi connectivity index (χ3n) is 4.82. The van der Waals surface area contributed by atoms with Gasteiger partial charge in [-0.1, -0.05) is 24.9 Å². The Hall–Kier alpha value is -2.50. The molecule has 0 radical (unpaired) electrons. The van der Waals surface area contributed by atoms with Crippen LogP contribution < -0.4 is 5.32 Å². The molecule has 2 atom stereocenters. The van der Waals surface area contributed by atoms with Crippen molar-refractivity contribution in [3.05, 3.63) is 36.4 Å². The molecule has 6 heteroatoms.